The first-order valence-electron chi connectivity index (χ1n) is 6.32. The van der Waals surface area contributed by atoms with E-state index in [1.165, 1.54) is 5.56 Å². The molecule has 96 valence electrons. The Morgan fingerprint density at radius 2 is 2.22 bits per heavy atom. The van der Waals surface area contributed by atoms with Gasteiger partial charge in [0.05, 0.1) is 6.20 Å². The average molecular weight is 244 g/mol. The molecule has 0 saturated heterocycles. The van der Waals surface area contributed by atoms with Crippen molar-refractivity contribution in [1.29, 1.82) is 0 Å². The molecular formula is C14H20N4. The van der Waals surface area contributed by atoms with Gasteiger partial charge >= 0.3 is 0 Å². The third kappa shape index (κ3) is 3.40. The second-order valence-electron chi connectivity index (χ2n) is 5.01. The van der Waals surface area contributed by atoms with E-state index in [0.717, 1.165) is 24.5 Å². The van der Waals surface area contributed by atoms with Crippen LogP contribution in [-0.4, -0.2) is 21.3 Å². The van der Waals surface area contributed by atoms with Gasteiger partial charge in [-0.2, -0.15) is 5.10 Å². The lowest BCUT2D eigenvalue weighted by molar-refractivity contribution is 0.552. The molecule has 0 aromatic carbocycles. The topological polar surface area (TPSA) is 42.7 Å². The summed E-state index contributed by atoms with van der Waals surface area (Å²) in [6.45, 7) is 8.33. The van der Waals surface area contributed by atoms with Crippen LogP contribution < -0.4 is 5.32 Å². The van der Waals surface area contributed by atoms with Crippen LogP contribution in [0.5, 0.6) is 0 Å². The average Bonchev–Trinajstić information content (AvgIpc) is 2.76. The molecule has 4 heteroatoms. The third-order valence-corrected chi connectivity index (χ3v) is 2.64. The Bertz CT molecular complexity index is 502. The van der Waals surface area contributed by atoms with Gasteiger partial charge < -0.3 is 5.32 Å². The maximum Gasteiger partial charge on any atom is 0.153 e. The molecule has 0 aliphatic heterocycles. The molecule has 0 spiro atoms. The zero-order chi connectivity index (χ0) is 13.0. The van der Waals surface area contributed by atoms with Gasteiger partial charge in [-0.05, 0) is 42.6 Å². The molecule has 2 aromatic rings. The second kappa shape index (κ2) is 5.78. The highest BCUT2D eigenvalue weighted by atomic mass is 15.3. The predicted octanol–water partition coefficient (Wildman–Crippen LogP) is 2.32. The van der Waals surface area contributed by atoms with Crippen molar-refractivity contribution >= 4 is 0 Å². The van der Waals surface area contributed by atoms with Gasteiger partial charge in [-0.1, -0.05) is 13.8 Å². The molecule has 0 atom stereocenters. The molecule has 0 unspecified atom stereocenters. The SMILES string of the molecule is Cc1cnn(-c2cc(CNCC(C)C)ccn2)c1. The van der Waals surface area contributed by atoms with Crippen LogP contribution in [0.3, 0.4) is 0 Å². The van der Waals surface area contributed by atoms with Crippen LogP contribution in [-0.2, 0) is 6.54 Å². The number of rotatable bonds is 5. The van der Waals surface area contributed by atoms with E-state index in [1.54, 1.807) is 4.68 Å². The molecule has 18 heavy (non-hydrogen) atoms. The molecule has 1 N–H and O–H groups in total. The van der Waals surface area contributed by atoms with Gasteiger partial charge in [-0.3, -0.25) is 0 Å². The molecule has 4 nitrogen and oxygen atoms in total. The van der Waals surface area contributed by atoms with Crippen molar-refractivity contribution < 1.29 is 0 Å². The number of hydrogen-bond donors (Lipinski definition) is 1. The highest BCUT2D eigenvalue weighted by Gasteiger charge is 2.01. The number of aryl methyl sites for hydroxylation is 1. The minimum Gasteiger partial charge on any atom is -0.312 e. The van der Waals surface area contributed by atoms with Crippen molar-refractivity contribution in [3.8, 4) is 5.82 Å². The minimum absolute atomic E-state index is 0.667. The Hall–Kier alpha value is -1.68. The molecule has 0 aliphatic carbocycles. The lowest BCUT2D eigenvalue weighted by Crippen LogP contribution is -2.19. The highest BCUT2D eigenvalue weighted by Crippen LogP contribution is 2.07. The van der Waals surface area contributed by atoms with E-state index in [9.17, 15) is 0 Å². The maximum atomic E-state index is 4.34. The monoisotopic (exact) mass is 244 g/mol. The first-order valence-corrected chi connectivity index (χ1v) is 6.32. The van der Waals surface area contributed by atoms with Crippen LogP contribution in [0, 0.1) is 12.8 Å². The lowest BCUT2D eigenvalue weighted by Gasteiger charge is -2.08. The first kappa shape index (κ1) is 12.8. The minimum atomic E-state index is 0.667. The van der Waals surface area contributed by atoms with E-state index < -0.39 is 0 Å². The predicted molar refractivity (Wildman–Crippen MR) is 72.6 cm³/mol. The summed E-state index contributed by atoms with van der Waals surface area (Å²) in [4.78, 5) is 4.34. The van der Waals surface area contributed by atoms with Crippen molar-refractivity contribution in [1.82, 2.24) is 20.1 Å². The van der Waals surface area contributed by atoms with E-state index >= 15 is 0 Å². The lowest BCUT2D eigenvalue weighted by atomic mass is 10.2. The van der Waals surface area contributed by atoms with Crippen molar-refractivity contribution in [3.63, 3.8) is 0 Å². The van der Waals surface area contributed by atoms with Crippen molar-refractivity contribution in [3.05, 3.63) is 41.9 Å². The van der Waals surface area contributed by atoms with Gasteiger partial charge in [-0.25, -0.2) is 9.67 Å². The molecule has 2 aromatic heterocycles. The fourth-order valence-electron chi connectivity index (χ4n) is 1.74. The first-order chi connectivity index (χ1) is 8.65. The quantitative estimate of drug-likeness (QED) is 0.877. The highest BCUT2D eigenvalue weighted by molar-refractivity contribution is 5.27. The summed E-state index contributed by atoms with van der Waals surface area (Å²) in [5.74, 6) is 1.53. The van der Waals surface area contributed by atoms with Crippen molar-refractivity contribution in [2.24, 2.45) is 5.92 Å². The van der Waals surface area contributed by atoms with Crippen LogP contribution >= 0.6 is 0 Å². The normalized spacial score (nSPS) is 11.1. The van der Waals surface area contributed by atoms with Gasteiger partial charge in [-0.15, -0.1) is 0 Å². The Morgan fingerprint density at radius 1 is 1.39 bits per heavy atom. The molecule has 0 radical (unpaired) electrons. The maximum absolute atomic E-state index is 4.34. The molecule has 0 amide bonds. The Balaban J connectivity index is 2.05. The van der Waals surface area contributed by atoms with Crippen molar-refractivity contribution in [2.45, 2.75) is 27.3 Å². The fourth-order valence-corrected chi connectivity index (χ4v) is 1.74. The van der Waals surface area contributed by atoms with Crippen molar-refractivity contribution in [2.75, 3.05) is 6.54 Å². The molecule has 0 bridgehead atoms. The molecule has 0 fully saturated rings. The van der Waals surface area contributed by atoms with E-state index in [4.69, 9.17) is 0 Å². The van der Waals surface area contributed by atoms with Crippen LogP contribution in [0.15, 0.2) is 30.7 Å². The number of pyridine rings is 1. The van der Waals surface area contributed by atoms with E-state index in [1.807, 2.05) is 31.6 Å². The summed E-state index contributed by atoms with van der Waals surface area (Å²) in [5.41, 5.74) is 2.37. The summed E-state index contributed by atoms with van der Waals surface area (Å²) < 4.78 is 1.81. The van der Waals surface area contributed by atoms with Gasteiger partial charge in [0.25, 0.3) is 0 Å². The molecule has 2 heterocycles. The number of nitrogens with one attached hydrogen (secondary N) is 1. The number of aromatic nitrogens is 3. The summed E-state index contributed by atoms with van der Waals surface area (Å²) in [7, 11) is 0. The molecule has 0 saturated carbocycles. The molecule has 2 rings (SSSR count). The van der Waals surface area contributed by atoms with Crippen LogP contribution in [0.2, 0.25) is 0 Å². The van der Waals surface area contributed by atoms with Gasteiger partial charge in [0, 0.05) is 18.9 Å². The standard InChI is InChI=1S/C14H20N4/c1-11(2)7-15-9-13-4-5-16-14(6-13)18-10-12(3)8-17-18/h4-6,8,10-11,15H,7,9H2,1-3H3. The zero-order valence-electron chi connectivity index (χ0n) is 11.2. The Labute approximate surface area is 108 Å². The molecular weight excluding hydrogens is 224 g/mol. The summed E-state index contributed by atoms with van der Waals surface area (Å²) in [6.07, 6.45) is 5.65. The summed E-state index contributed by atoms with van der Waals surface area (Å²) in [6, 6.07) is 4.10. The smallest absolute Gasteiger partial charge is 0.153 e. The number of nitrogens with zero attached hydrogens (tertiary/aromatic N) is 3. The zero-order valence-corrected chi connectivity index (χ0v) is 11.2. The second-order valence-corrected chi connectivity index (χ2v) is 5.01. The third-order valence-electron chi connectivity index (χ3n) is 2.64. The van der Waals surface area contributed by atoms with Gasteiger partial charge in [0.2, 0.25) is 0 Å². The van der Waals surface area contributed by atoms with E-state index in [0.29, 0.717) is 5.92 Å². The van der Waals surface area contributed by atoms with Crippen LogP contribution in [0.25, 0.3) is 5.82 Å². The van der Waals surface area contributed by atoms with Crippen LogP contribution in [0.4, 0.5) is 0 Å². The summed E-state index contributed by atoms with van der Waals surface area (Å²) in [5, 5.41) is 7.70. The van der Waals surface area contributed by atoms with Gasteiger partial charge in [0.1, 0.15) is 0 Å². The Morgan fingerprint density at radius 3 is 2.89 bits per heavy atom. The van der Waals surface area contributed by atoms with E-state index in [2.05, 4.69) is 35.3 Å². The molecule has 0 aliphatic rings. The Kier molecular flexibility index (Phi) is 4.10. The van der Waals surface area contributed by atoms with E-state index in [-0.39, 0.29) is 0 Å². The largest absolute Gasteiger partial charge is 0.312 e. The van der Waals surface area contributed by atoms with Gasteiger partial charge in [0.15, 0.2) is 5.82 Å². The fraction of sp³-hybridized carbons (Fsp3) is 0.429. The van der Waals surface area contributed by atoms with Crippen LogP contribution in [0.1, 0.15) is 25.0 Å². The summed E-state index contributed by atoms with van der Waals surface area (Å²) >= 11 is 0. The number of hydrogen-bond acceptors (Lipinski definition) is 3.